The van der Waals surface area contributed by atoms with Crippen molar-refractivity contribution >= 4 is 39.5 Å². The van der Waals surface area contributed by atoms with Gasteiger partial charge in [-0.05, 0) is 37.5 Å². The van der Waals surface area contributed by atoms with Gasteiger partial charge in [-0.25, -0.2) is 9.13 Å². The average molecular weight is 1300 g/mol. The highest BCUT2D eigenvalue weighted by molar-refractivity contribution is 7.47. The number of rotatable bonds is 68. The molecule has 88 heavy (non-hydrogen) atoms. The summed E-state index contributed by atoms with van der Waals surface area (Å²) in [6, 6.07) is 0. The quantitative estimate of drug-likeness (QED) is 0.0222. The Labute approximate surface area is 537 Å². The number of carbonyl (C=O) groups excluding carboxylic acids is 4. The Morgan fingerprint density at radius 1 is 0.307 bits per heavy atom. The molecule has 522 valence electrons. The van der Waals surface area contributed by atoms with Crippen LogP contribution in [0, 0.1) is 11.8 Å². The Morgan fingerprint density at radius 3 is 0.773 bits per heavy atom. The monoisotopic (exact) mass is 1300 g/mol. The second kappa shape index (κ2) is 61.3. The molecule has 0 aliphatic carbocycles. The summed E-state index contributed by atoms with van der Waals surface area (Å²) in [5.41, 5.74) is 0. The number of ether oxygens (including phenoxy) is 4. The molecule has 0 amide bonds. The van der Waals surface area contributed by atoms with Crippen LogP contribution in [0.4, 0.5) is 0 Å². The van der Waals surface area contributed by atoms with E-state index in [9.17, 15) is 43.2 Å². The summed E-state index contributed by atoms with van der Waals surface area (Å²) in [4.78, 5) is 72.4. The normalized spacial score (nSPS) is 14.2. The zero-order chi connectivity index (χ0) is 65.0. The van der Waals surface area contributed by atoms with Crippen molar-refractivity contribution in [2.45, 2.75) is 368 Å². The summed E-state index contributed by atoms with van der Waals surface area (Å²) in [6.45, 7) is 9.37. The van der Waals surface area contributed by atoms with Crippen molar-refractivity contribution in [2.24, 2.45) is 11.8 Å². The topological polar surface area (TPSA) is 237 Å². The van der Waals surface area contributed by atoms with Crippen LogP contribution in [-0.4, -0.2) is 96.7 Å². The molecule has 0 fully saturated rings. The summed E-state index contributed by atoms with van der Waals surface area (Å²) < 4.78 is 68.2. The van der Waals surface area contributed by atoms with Crippen molar-refractivity contribution in [2.75, 3.05) is 39.6 Å². The van der Waals surface area contributed by atoms with E-state index in [2.05, 4.69) is 41.5 Å². The third kappa shape index (κ3) is 62.8. The van der Waals surface area contributed by atoms with Gasteiger partial charge >= 0.3 is 39.5 Å². The van der Waals surface area contributed by atoms with E-state index in [1.807, 2.05) is 0 Å². The largest absolute Gasteiger partial charge is 0.472 e. The van der Waals surface area contributed by atoms with Gasteiger partial charge in [0.1, 0.15) is 19.3 Å². The maximum atomic E-state index is 13.0. The molecule has 3 N–H and O–H groups in total. The fraction of sp³-hybridized carbons (Fsp3) is 0.942. The first kappa shape index (κ1) is 86.1. The molecule has 0 radical (unpaired) electrons. The molecule has 2 unspecified atom stereocenters. The van der Waals surface area contributed by atoms with E-state index >= 15 is 0 Å². The number of esters is 4. The Kier molecular flexibility index (Phi) is 59.9. The van der Waals surface area contributed by atoms with Crippen LogP contribution in [0.2, 0.25) is 0 Å². The van der Waals surface area contributed by atoms with E-state index in [-0.39, 0.29) is 25.7 Å². The molecular formula is C69H134O17P2. The van der Waals surface area contributed by atoms with Gasteiger partial charge in [-0.2, -0.15) is 0 Å². The fourth-order valence-corrected chi connectivity index (χ4v) is 12.0. The number of carbonyl (C=O) groups is 4. The third-order valence-corrected chi connectivity index (χ3v) is 17.9. The first-order valence-corrected chi connectivity index (χ1v) is 39.0. The van der Waals surface area contributed by atoms with Gasteiger partial charge in [0.05, 0.1) is 26.4 Å². The maximum Gasteiger partial charge on any atom is 0.472 e. The number of aliphatic hydroxyl groups is 1. The number of phosphoric acid groups is 2. The second-order valence-electron chi connectivity index (χ2n) is 25.9. The summed E-state index contributed by atoms with van der Waals surface area (Å²) in [6.07, 6.45) is 46.1. The molecule has 0 spiro atoms. The summed E-state index contributed by atoms with van der Waals surface area (Å²) in [7, 11) is -9.90. The molecule has 5 atom stereocenters. The van der Waals surface area contributed by atoms with Gasteiger partial charge in [0.25, 0.3) is 0 Å². The van der Waals surface area contributed by atoms with E-state index < -0.39 is 97.5 Å². The molecule has 0 aliphatic rings. The minimum Gasteiger partial charge on any atom is -0.462 e. The van der Waals surface area contributed by atoms with E-state index in [0.717, 1.165) is 96.3 Å². The lowest BCUT2D eigenvalue weighted by atomic mass is 10.0. The van der Waals surface area contributed by atoms with E-state index in [4.69, 9.17) is 37.0 Å². The Bertz CT molecular complexity index is 1720. The summed E-state index contributed by atoms with van der Waals surface area (Å²) >= 11 is 0. The van der Waals surface area contributed by atoms with Crippen LogP contribution in [-0.2, 0) is 65.4 Å². The molecule has 0 aliphatic heterocycles. The summed E-state index contributed by atoms with van der Waals surface area (Å²) in [5.74, 6) is -0.782. The molecule has 0 heterocycles. The molecule has 0 aromatic heterocycles. The second-order valence-corrected chi connectivity index (χ2v) is 28.8. The van der Waals surface area contributed by atoms with Crippen LogP contribution in [0.15, 0.2) is 0 Å². The minimum absolute atomic E-state index is 0.101. The van der Waals surface area contributed by atoms with Crippen molar-refractivity contribution in [3.63, 3.8) is 0 Å². The SMILES string of the molecule is CCCCCCCCCCCCCCCCCC(=O)OC[C@H](COP(=O)(O)OC[C@@H](O)COP(=O)(O)OC[C@@H](COC(=O)CCCCCCCCC(C)C)OC(=O)CCCCCCCCC(C)C)OC(=O)CCCCCCCCCCCCCCCCC. The Balaban J connectivity index is 5.22. The van der Waals surface area contributed by atoms with Gasteiger partial charge in [0.2, 0.25) is 0 Å². The van der Waals surface area contributed by atoms with Crippen LogP contribution >= 0.6 is 15.6 Å². The average Bonchev–Trinajstić information content (AvgIpc) is 3.56. The Morgan fingerprint density at radius 2 is 0.523 bits per heavy atom. The lowest BCUT2D eigenvalue weighted by Gasteiger charge is -2.21. The highest BCUT2D eigenvalue weighted by atomic mass is 31.2. The Hall–Kier alpha value is -1.94. The standard InChI is InChI=1S/C69H134O17P2/c1-7-9-11-13-15-17-19-21-23-25-27-29-31-39-45-51-66(71)79-57-64(85-68(73)53-47-41-32-30-28-26-24-22-20-18-16-14-12-10-8-2)59-83-87(75,76)81-55-63(70)56-82-88(77,78)84-60-65(86-69(74)54-48-42-36-34-38-44-50-62(5)6)58-80-67(72)52-46-40-35-33-37-43-49-61(3)4/h61-65,70H,7-60H2,1-6H3,(H,75,76)(H,77,78)/t63-,64-,65-/m1/s1. The number of hydrogen-bond acceptors (Lipinski definition) is 15. The van der Waals surface area contributed by atoms with E-state index in [0.29, 0.717) is 37.5 Å². The number of aliphatic hydroxyl groups excluding tert-OH is 1. The van der Waals surface area contributed by atoms with Crippen molar-refractivity contribution in [1.82, 2.24) is 0 Å². The fourth-order valence-electron chi connectivity index (χ4n) is 10.4. The molecular weight excluding hydrogens is 1160 g/mol. The van der Waals surface area contributed by atoms with E-state index in [1.54, 1.807) is 0 Å². The van der Waals surface area contributed by atoms with Gasteiger partial charge in [0, 0.05) is 25.7 Å². The zero-order valence-corrected chi connectivity index (χ0v) is 58.8. The van der Waals surface area contributed by atoms with Crippen LogP contribution in [0.25, 0.3) is 0 Å². The van der Waals surface area contributed by atoms with Crippen molar-refractivity contribution < 1.29 is 80.2 Å². The van der Waals surface area contributed by atoms with Gasteiger partial charge in [-0.1, -0.05) is 298 Å². The lowest BCUT2D eigenvalue weighted by molar-refractivity contribution is -0.161. The summed E-state index contributed by atoms with van der Waals surface area (Å²) in [5, 5.41) is 10.6. The van der Waals surface area contributed by atoms with E-state index in [1.165, 1.54) is 161 Å². The van der Waals surface area contributed by atoms with Gasteiger partial charge < -0.3 is 33.8 Å². The predicted molar refractivity (Wildman–Crippen MR) is 354 cm³/mol. The molecule has 0 saturated heterocycles. The van der Waals surface area contributed by atoms with Crippen molar-refractivity contribution in [3.8, 4) is 0 Å². The van der Waals surface area contributed by atoms with Crippen molar-refractivity contribution in [1.29, 1.82) is 0 Å². The highest BCUT2D eigenvalue weighted by Gasteiger charge is 2.30. The molecule has 0 bridgehead atoms. The van der Waals surface area contributed by atoms with Crippen LogP contribution < -0.4 is 0 Å². The lowest BCUT2D eigenvalue weighted by Crippen LogP contribution is -2.30. The molecule has 0 rings (SSSR count). The van der Waals surface area contributed by atoms with Gasteiger partial charge in [0.15, 0.2) is 12.2 Å². The molecule has 0 aromatic carbocycles. The zero-order valence-electron chi connectivity index (χ0n) is 57.0. The van der Waals surface area contributed by atoms with Crippen molar-refractivity contribution in [3.05, 3.63) is 0 Å². The minimum atomic E-state index is -4.95. The molecule has 0 aromatic rings. The van der Waals surface area contributed by atoms with Crippen LogP contribution in [0.1, 0.15) is 350 Å². The number of unbranched alkanes of at least 4 members (excludes halogenated alkanes) is 38. The number of hydrogen-bond donors (Lipinski definition) is 3. The smallest absolute Gasteiger partial charge is 0.462 e. The first-order chi connectivity index (χ1) is 42.4. The van der Waals surface area contributed by atoms with Crippen LogP contribution in [0.5, 0.6) is 0 Å². The highest BCUT2D eigenvalue weighted by Crippen LogP contribution is 2.45. The first-order valence-electron chi connectivity index (χ1n) is 36.0. The predicted octanol–water partition coefficient (Wildman–Crippen LogP) is 19.6. The molecule has 19 heteroatoms. The van der Waals surface area contributed by atoms with Crippen LogP contribution in [0.3, 0.4) is 0 Å². The molecule has 17 nitrogen and oxygen atoms in total. The number of phosphoric ester groups is 2. The maximum absolute atomic E-state index is 13.0. The van der Waals surface area contributed by atoms with Gasteiger partial charge in [-0.3, -0.25) is 37.3 Å². The van der Waals surface area contributed by atoms with Gasteiger partial charge in [-0.15, -0.1) is 0 Å². The third-order valence-electron chi connectivity index (χ3n) is 16.0. The molecule has 0 saturated carbocycles.